The number of anilines is 3. The standard InChI is InChI=1S/C22H27N3O2S/c1-16-5-7-18(8-6-16)23-21(26)14-28-15-22(27)24-20-10-9-19(13-17(20)2)25-11-3-4-12-25/h5-10,13H,3-4,11-12,14-15H2,1-2H3,(H,23,26)(H,24,27). The summed E-state index contributed by atoms with van der Waals surface area (Å²) in [6.45, 7) is 6.22. The molecule has 1 aliphatic heterocycles. The van der Waals surface area contributed by atoms with Gasteiger partial charge in [-0.1, -0.05) is 17.7 Å². The zero-order chi connectivity index (χ0) is 19.9. The van der Waals surface area contributed by atoms with Crippen molar-refractivity contribution in [1.29, 1.82) is 0 Å². The van der Waals surface area contributed by atoms with Gasteiger partial charge in [0.2, 0.25) is 11.8 Å². The molecular weight excluding hydrogens is 370 g/mol. The summed E-state index contributed by atoms with van der Waals surface area (Å²) in [5, 5.41) is 5.79. The minimum atomic E-state index is -0.104. The first-order valence-corrected chi connectivity index (χ1v) is 10.8. The van der Waals surface area contributed by atoms with E-state index in [0.717, 1.165) is 35.6 Å². The number of aryl methyl sites for hydroxylation is 2. The van der Waals surface area contributed by atoms with Gasteiger partial charge in [-0.25, -0.2) is 0 Å². The normalized spacial score (nSPS) is 13.4. The molecule has 5 nitrogen and oxygen atoms in total. The number of rotatable bonds is 7. The minimum Gasteiger partial charge on any atom is -0.372 e. The summed E-state index contributed by atoms with van der Waals surface area (Å²) in [6, 6.07) is 13.8. The van der Waals surface area contributed by atoms with Crippen molar-refractivity contribution in [3.05, 3.63) is 53.6 Å². The molecule has 1 heterocycles. The quantitative estimate of drug-likeness (QED) is 0.735. The fraction of sp³-hybridized carbons (Fsp3) is 0.364. The second-order valence-electron chi connectivity index (χ2n) is 7.15. The van der Waals surface area contributed by atoms with E-state index in [1.54, 1.807) is 0 Å². The molecule has 2 N–H and O–H groups in total. The Kier molecular flexibility index (Phi) is 6.98. The zero-order valence-electron chi connectivity index (χ0n) is 16.5. The van der Waals surface area contributed by atoms with E-state index in [4.69, 9.17) is 0 Å². The molecule has 0 saturated carbocycles. The molecule has 2 aromatic carbocycles. The molecule has 6 heteroatoms. The highest BCUT2D eigenvalue weighted by molar-refractivity contribution is 8.00. The topological polar surface area (TPSA) is 61.4 Å². The molecule has 0 atom stereocenters. The van der Waals surface area contributed by atoms with Crippen LogP contribution >= 0.6 is 11.8 Å². The van der Waals surface area contributed by atoms with E-state index in [2.05, 4.69) is 27.7 Å². The van der Waals surface area contributed by atoms with E-state index in [-0.39, 0.29) is 23.3 Å². The SMILES string of the molecule is Cc1ccc(NC(=O)CSCC(=O)Nc2ccc(N3CCCC3)cc2C)cc1. The van der Waals surface area contributed by atoms with Gasteiger partial charge in [-0.15, -0.1) is 11.8 Å². The van der Waals surface area contributed by atoms with Crippen molar-refractivity contribution in [2.45, 2.75) is 26.7 Å². The van der Waals surface area contributed by atoms with Crippen LogP contribution in [0, 0.1) is 13.8 Å². The van der Waals surface area contributed by atoms with E-state index < -0.39 is 0 Å². The lowest BCUT2D eigenvalue weighted by atomic mass is 10.1. The summed E-state index contributed by atoms with van der Waals surface area (Å²) in [5.41, 5.74) is 5.02. The molecule has 2 aromatic rings. The van der Waals surface area contributed by atoms with Crippen LogP contribution in [0.5, 0.6) is 0 Å². The number of carbonyl (C=O) groups excluding carboxylic acids is 2. The average molecular weight is 398 g/mol. The number of hydrogen-bond donors (Lipinski definition) is 2. The molecule has 28 heavy (non-hydrogen) atoms. The number of thioether (sulfide) groups is 1. The lowest BCUT2D eigenvalue weighted by Gasteiger charge is -2.19. The van der Waals surface area contributed by atoms with Gasteiger partial charge in [0.25, 0.3) is 0 Å². The number of amides is 2. The van der Waals surface area contributed by atoms with Gasteiger partial charge >= 0.3 is 0 Å². The van der Waals surface area contributed by atoms with Gasteiger partial charge in [0.05, 0.1) is 11.5 Å². The maximum atomic E-state index is 12.2. The lowest BCUT2D eigenvalue weighted by Crippen LogP contribution is -2.19. The van der Waals surface area contributed by atoms with Gasteiger partial charge in [-0.05, 0) is 62.6 Å². The van der Waals surface area contributed by atoms with Crippen LogP contribution in [0.15, 0.2) is 42.5 Å². The zero-order valence-corrected chi connectivity index (χ0v) is 17.3. The second kappa shape index (κ2) is 9.64. The molecule has 0 aromatic heterocycles. The Morgan fingerprint density at radius 1 is 0.929 bits per heavy atom. The van der Waals surface area contributed by atoms with Crippen molar-refractivity contribution in [1.82, 2.24) is 0 Å². The maximum absolute atomic E-state index is 12.2. The molecule has 0 spiro atoms. The number of hydrogen-bond acceptors (Lipinski definition) is 4. The predicted molar refractivity (Wildman–Crippen MR) is 118 cm³/mol. The first-order chi connectivity index (χ1) is 13.5. The molecule has 3 rings (SSSR count). The Morgan fingerprint density at radius 2 is 1.57 bits per heavy atom. The lowest BCUT2D eigenvalue weighted by molar-refractivity contribution is -0.114. The fourth-order valence-corrected chi connectivity index (χ4v) is 3.83. The van der Waals surface area contributed by atoms with E-state index in [1.165, 1.54) is 30.3 Å². The molecule has 0 aliphatic carbocycles. The summed E-state index contributed by atoms with van der Waals surface area (Å²) < 4.78 is 0. The van der Waals surface area contributed by atoms with Crippen LogP contribution in [0.25, 0.3) is 0 Å². The van der Waals surface area contributed by atoms with Gasteiger partial charge in [0, 0.05) is 30.2 Å². The molecular formula is C22H27N3O2S. The Morgan fingerprint density at radius 3 is 2.21 bits per heavy atom. The van der Waals surface area contributed by atoms with Crippen molar-refractivity contribution in [2.75, 3.05) is 40.1 Å². The van der Waals surface area contributed by atoms with Gasteiger partial charge in [-0.2, -0.15) is 0 Å². The fourth-order valence-electron chi connectivity index (χ4n) is 3.22. The Hall–Kier alpha value is -2.47. The van der Waals surface area contributed by atoms with Crippen LogP contribution in [-0.2, 0) is 9.59 Å². The van der Waals surface area contributed by atoms with E-state index >= 15 is 0 Å². The molecule has 0 bridgehead atoms. The minimum absolute atomic E-state index is 0.0924. The number of nitrogens with one attached hydrogen (secondary N) is 2. The Labute approximate surface area is 170 Å². The van der Waals surface area contributed by atoms with E-state index in [1.807, 2.05) is 44.2 Å². The Balaban J connectivity index is 1.42. The van der Waals surface area contributed by atoms with Crippen LogP contribution in [0.3, 0.4) is 0 Å². The van der Waals surface area contributed by atoms with Crippen LogP contribution < -0.4 is 15.5 Å². The molecule has 2 amide bonds. The third-order valence-electron chi connectivity index (χ3n) is 4.76. The summed E-state index contributed by atoms with van der Waals surface area (Å²) in [7, 11) is 0. The summed E-state index contributed by atoms with van der Waals surface area (Å²) in [4.78, 5) is 26.6. The smallest absolute Gasteiger partial charge is 0.234 e. The molecule has 0 unspecified atom stereocenters. The van der Waals surface area contributed by atoms with Crippen molar-refractivity contribution in [2.24, 2.45) is 0 Å². The average Bonchev–Trinajstić information content (AvgIpc) is 3.20. The third kappa shape index (κ3) is 5.76. The molecule has 1 aliphatic rings. The number of nitrogens with zero attached hydrogens (tertiary/aromatic N) is 1. The van der Waals surface area contributed by atoms with Crippen LogP contribution in [0.4, 0.5) is 17.1 Å². The van der Waals surface area contributed by atoms with Gasteiger partial charge in [0.1, 0.15) is 0 Å². The molecule has 148 valence electrons. The van der Waals surface area contributed by atoms with Gasteiger partial charge < -0.3 is 15.5 Å². The first kappa shape index (κ1) is 20.3. The van der Waals surface area contributed by atoms with Gasteiger partial charge in [0.15, 0.2) is 0 Å². The highest BCUT2D eigenvalue weighted by atomic mass is 32.2. The van der Waals surface area contributed by atoms with Gasteiger partial charge in [-0.3, -0.25) is 9.59 Å². The van der Waals surface area contributed by atoms with E-state index in [9.17, 15) is 9.59 Å². The van der Waals surface area contributed by atoms with Crippen LogP contribution in [0.1, 0.15) is 24.0 Å². The molecule has 0 radical (unpaired) electrons. The maximum Gasteiger partial charge on any atom is 0.234 e. The van der Waals surface area contributed by atoms with E-state index in [0.29, 0.717) is 0 Å². The number of benzene rings is 2. The monoisotopic (exact) mass is 397 g/mol. The summed E-state index contributed by atoms with van der Waals surface area (Å²) in [5.74, 6) is 0.293. The molecule has 1 fully saturated rings. The highest BCUT2D eigenvalue weighted by Gasteiger charge is 2.14. The van der Waals surface area contributed by atoms with Crippen LogP contribution in [-0.4, -0.2) is 36.4 Å². The summed E-state index contributed by atoms with van der Waals surface area (Å²) in [6.07, 6.45) is 2.48. The third-order valence-corrected chi connectivity index (χ3v) is 5.69. The Bertz CT molecular complexity index is 830. The predicted octanol–water partition coefficient (Wildman–Crippen LogP) is 4.21. The number of carbonyl (C=O) groups is 2. The highest BCUT2D eigenvalue weighted by Crippen LogP contribution is 2.25. The van der Waals surface area contributed by atoms with Crippen molar-refractivity contribution in [3.63, 3.8) is 0 Å². The largest absolute Gasteiger partial charge is 0.372 e. The van der Waals surface area contributed by atoms with Crippen molar-refractivity contribution in [3.8, 4) is 0 Å². The first-order valence-electron chi connectivity index (χ1n) is 9.61. The van der Waals surface area contributed by atoms with Crippen molar-refractivity contribution >= 4 is 40.6 Å². The second-order valence-corrected chi connectivity index (χ2v) is 8.13. The van der Waals surface area contributed by atoms with Crippen LogP contribution in [0.2, 0.25) is 0 Å². The molecule has 1 saturated heterocycles. The summed E-state index contributed by atoms with van der Waals surface area (Å²) >= 11 is 1.31. The van der Waals surface area contributed by atoms with Crippen molar-refractivity contribution < 1.29 is 9.59 Å².